The molecule has 3 rings (SSSR count). The molecule has 1 fully saturated rings. The summed E-state index contributed by atoms with van der Waals surface area (Å²) in [4.78, 5) is 11.4. The molecule has 0 bridgehead atoms. The molecule has 0 spiro atoms. The molecule has 120 valence electrons. The topological polar surface area (TPSA) is 66.8 Å². The molecule has 4 nitrogen and oxygen atoms in total. The summed E-state index contributed by atoms with van der Waals surface area (Å²) in [5.74, 6) is -0.635. The van der Waals surface area contributed by atoms with Gasteiger partial charge in [-0.15, -0.1) is 0 Å². The van der Waals surface area contributed by atoms with Crippen LogP contribution < -0.4 is 4.74 Å². The van der Waals surface area contributed by atoms with Crippen molar-refractivity contribution in [2.24, 2.45) is 0 Å². The summed E-state index contributed by atoms with van der Waals surface area (Å²) in [6, 6.07) is 11.5. The van der Waals surface area contributed by atoms with E-state index in [2.05, 4.69) is 0 Å². The first-order valence-electron chi connectivity index (χ1n) is 7.64. The predicted octanol–water partition coefficient (Wildman–Crippen LogP) is 3.39. The Labute approximate surface area is 135 Å². The van der Waals surface area contributed by atoms with Crippen LogP contribution in [0.5, 0.6) is 5.75 Å². The summed E-state index contributed by atoms with van der Waals surface area (Å²) in [6.45, 7) is 2.12. The van der Waals surface area contributed by atoms with Crippen molar-refractivity contribution in [2.45, 2.75) is 25.2 Å². The molecular weight excluding hydrogens is 292 g/mol. The summed E-state index contributed by atoms with van der Waals surface area (Å²) in [6.07, 6.45) is 2.04. The Morgan fingerprint density at radius 1 is 1.22 bits per heavy atom. The molecular formula is C19H20O4. The summed E-state index contributed by atoms with van der Waals surface area (Å²) >= 11 is 0. The van der Waals surface area contributed by atoms with E-state index in [9.17, 15) is 15.0 Å². The molecule has 1 aliphatic carbocycles. The van der Waals surface area contributed by atoms with Crippen LogP contribution in [0.4, 0.5) is 0 Å². The number of aliphatic hydroxyl groups excluding tert-OH is 1. The average molecular weight is 312 g/mol. The van der Waals surface area contributed by atoms with Crippen molar-refractivity contribution >= 4 is 5.97 Å². The molecule has 23 heavy (non-hydrogen) atoms. The van der Waals surface area contributed by atoms with E-state index in [-0.39, 0.29) is 17.6 Å². The largest absolute Gasteiger partial charge is 0.496 e. The van der Waals surface area contributed by atoms with Crippen molar-refractivity contribution in [3.8, 4) is 16.9 Å². The molecule has 0 unspecified atom stereocenters. The molecule has 0 aromatic heterocycles. The lowest BCUT2D eigenvalue weighted by Crippen LogP contribution is -2.11. The van der Waals surface area contributed by atoms with Gasteiger partial charge in [0.1, 0.15) is 11.3 Å². The number of methoxy groups -OCH3 is 1. The number of aryl methyl sites for hydroxylation is 1. The van der Waals surface area contributed by atoms with Crippen LogP contribution in [0.2, 0.25) is 0 Å². The zero-order valence-electron chi connectivity index (χ0n) is 13.3. The van der Waals surface area contributed by atoms with Gasteiger partial charge in [0.25, 0.3) is 0 Å². The molecule has 0 atom stereocenters. The van der Waals surface area contributed by atoms with Crippen molar-refractivity contribution in [3.63, 3.8) is 0 Å². The van der Waals surface area contributed by atoms with Crippen LogP contribution in [0, 0.1) is 6.92 Å². The van der Waals surface area contributed by atoms with Gasteiger partial charge in [0.05, 0.1) is 13.7 Å². The molecule has 4 heteroatoms. The minimum atomic E-state index is -1.00. The number of aliphatic hydroxyl groups is 1. The monoisotopic (exact) mass is 312 g/mol. The Morgan fingerprint density at radius 2 is 1.87 bits per heavy atom. The number of carboxylic acid groups (broad SMARTS) is 1. The molecule has 1 saturated carbocycles. The Morgan fingerprint density at radius 3 is 2.35 bits per heavy atom. The van der Waals surface area contributed by atoms with Gasteiger partial charge in [-0.3, -0.25) is 0 Å². The zero-order chi connectivity index (χ0) is 16.6. The number of carbonyl (C=O) groups is 1. The third-order valence-corrected chi connectivity index (χ3v) is 4.74. The molecule has 1 aliphatic rings. The second-order valence-electron chi connectivity index (χ2n) is 6.19. The SMILES string of the molecule is COc1cc(C)c(-c2ccc(C3(CO)CC3)cc2)cc1C(=O)O. The summed E-state index contributed by atoms with van der Waals surface area (Å²) in [7, 11) is 1.47. The summed E-state index contributed by atoms with van der Waals surface area (Å²) in [5, 5.41) is 18.9. The van der Waals surface area contributed by atoms with E-state index in [1.807, 2.05) is 31.2 Å². The lowest BCUT2D eigenvalue weighted by atomic mass is 9.92. The lowest BCUT2D eigenvalue weighted by Gasteiger charge is -2.15. The molecule has 2 N–H and O–H groups in total. The van der Waals surface area contributed by atoms with Gasteiger partial charge in [-0.2, -0.15) is 0 Å². The highest BCUT2D eigenvalue weighted by molar-refractivity contribution is 5.93. The second-order valence-corrected chi connectivity index (χ2v) is 6.19. The van der Waals surface area contributed by atoms with E-state index >= 15 is 0 Å². The van der Waals surface area contributed by atoms with Crippen LogP contribution in [0.3, 0.4) is 0 Å². The molecule has 2 aromatic carbocycles. The van der Waals surface area contributed by atoms with Crippen molar-refractivity contribution in [1.29, 1.82) is 0 Å². The van der Waals surface area contributed by atoms with Crippen molar-refractivity contribution in [3.05, 3.63) is 53.1 Å². The maximum atomic E-state index is 11.4. The first kappa shape index (κ1) is 15.6. The number of carboxylic acids is 1. The van der Waals surface area contributed by atoms with Gasteiger partial charge < -0.3 is 14.9 Å². The van der Waals surface area contributed by atoms with Crippen LogP contribution in [0.1, 0.15) is 34.3 Å². The summed E-state index contributed by atoms with van der Waals surface area (Å²) in [5.41, 5.74) is 4.05. The van der Waals surface area contributed by atoms with Gasteiger partial charge in [-0.25, -0.2) is 4.79 Å². The molecule has 2 aromatic rings. The number of aromatic carboxylic acids is 1. The lowest BCUT2D eigenvalue weighted by molar-refractivity contribution is 0.0693. The minimum Gasteiger partial charge on any atom is -0.496 e. The van der Waals surface area contributed by atoms with E-state index in [1.165, 1.54) is 7.11 Å². The zero-order valence-corrected chi connectivity index (χ0v) is 13.3. The first-order chi connectivity index (χ1) is 11.0. The standard InChI is InChI=1S/C19H20O4/c1-12-9-17(23-2)16(18(21)22)10-15(12)13-3-5-14(6-4-13)19(11-20)7-8-19/h3-6,9-10,20H,7-8,11H2,1-2H3,(H,21,22). The molecule has 0 heterocycles. The number of benzene rings is 2. The van der Waals surface area contributed by atoms with E-state index in [4.69, 9.17) is 4.74 Å². The van der Waals surface area contributed by atoms with Crippen LogP contribution in [0.15, 0.2) is 36.4 Å². The van der Waals surface area contributed by atoms with Gasteiger partial charge in [0.2, 0.25) is 0 Å². The first-order valence-corrected chi connectivity index (χ1v) is 7.64. The normalized spacial score (nSPS) is 15.3. The van der Waals surface area contributed by atoms with Crippen molar-refractivity contribution in [1.82, 2.24) is 0 Å². The second kappa shape index (κ2) is 5.70. The highest BCUT2D eigenvalue weighted by Crippen LogP contribution is 2.48. The Balaban J connectivity index is 2.01. The predicted molar refractivity (Wildman–Crippen MR) is 88.1 cm³/mol. The third-order valence-electron chi connectivity index (χ3n) is 4.74. The molecule has 0 radical (unpaired) electrons. The van der Waals surface area contributed by atoms with Crippen LogP contribution >= 0.6 is 0 Å². The number of ether oxygens (including phenoxy) is 1. The fourth-order valence-corrected chi connectivity index (χ4v) is 3.02. The maximum Gasteiger partial charge on any atom is 0.339 e. The fourth-order valence-electron chi connectivity index (χ4n) is 3.02. The molecule has 0 amide bonds. The Kier molecular flexibility index (Phi) is 3.86. The van der Waals surface area contributed by atoms with E-state index in [0.717, 1.165) is 35.1 Å². The maximum absolute atomic E-state index is 11.4. The average Bonchev–Trinajstić information content (AvgIpc) is 3.35. The number of hydrogen-bond donors (Lipinski definition) is 2. The smallest absolute Gasteiger partial charge is 0.339 e. The quantitative estimate of drug-likeness (QED) is 0.888. The van der Waals surface area contributed by atoms with Crippen LogP contribution in [-0.2, 0) is 5.41 Å². The molecule has 0 saturated heterocycles. The fraction of sp³-hybridized carbons (Fsp3) is 0.316. The van der Waals surface area contributed by atoms with Crippen molar-refractivity contribution < 1.29 is 19.7 Å². The van der Waals surface area contributed by atoms with Gasteiger partial charge in [-0.1, -0.05) is 24.3 Å². The number of hydrogen-bond acceptors (Lipinski definition) is 3. The number of rotatable bonds is 5. The van der Waals surface area contributed by atoms with Gasteiger partial charge in [0.15, 0.2) is 0 Å². The van der Waals surface area contributed by atoms with Crippen molar-refractivity contribution in [2.75, 3.05) is 13.7 Å². The minimum absolute atomic E-state index is 0.0558. The summed E-state index contributed by atoms with van der Waals surface area (Å²) < 4.78 is 5.16. The van der Waals surface area contributed by atoms with Gasteiger partial charge >= 0.3 is 5.97 Å². The molecule has 0 aliphatic heterocycles. The van der Waals surface area contributed by atoms with E-state index in [1.54, 1.807) is 12.1 Å². The van der Waals surface area contributed by atoms with Crippen LogP contribution in [-0.4, -0.2) is 29.9 Å². The highest BCUT2D eigenvalue weighted by Gasteiger charge is 2.43. The van der Waals surface area contributed by atoms with Gasteiger partial charge in [-0.05, 0) is 54.2 Å². The highest BCUT2D eigenvalue weighted by atomic mass is 16.5. The van der Waals surface area contributed by atoms with Crippen LogP contribution in [0.25, 0.3) is 11.1 Å². The van der Waals surface area contributed by atoms with E-state index in [0.29, 0.717) is 5.75 Å². The van der Waals surface area contributed by atoms with Gasteiger partial charge in [0, 0.05) is 5.41 Å². The van der Waals surface area contributed by atoms with E-state index < -0.39 is 5.97 Å². The third kappa shape index (κ3) is 2.70. The Bertz CT molecular complexity index is 743. The Hall–Kier alpha value is -2.33.